The quantitative estimate of drug-likeness (QED) is 0.418. The average molecular weight is 451 g/mol. The molecule has 8 nitrogen and oxygen atoms in total. The highest BCUT2D eigenvalue weighted by Gasteiger charge is 2.23. The fourth-order valence-corrected chi connectivity index (χ4v) is 3.69. The van der Waals surface area contributed by atoms with E-state index < -0.39 is 29.1 Å². The van der Waals surface area contributed by atoms with E-state index in [9.17, 15) is 18.0 Å². The molecule has 0 aliphatic carbocycles. The molecule has 3 aromatic heterocycles. The Kier molecular flexibility index (Phi) is 5.00. The van der Waals surface area contributed by atoms with E-state index in [2.05, 4.69) is 30.2 Å². The van der Waals surface area contributed by atoms with Gasteiger partial charge in [-0.05, 0) is 36.8 Å². The van der Waals surface area contributed by atoms with Crippen molar-refractivity contribution >= 4 is 27.9 Å². The second kappa shape index (κ2) is 8.01. The molecule has 166 valence electrons. The number of aromatic nitrogens is 6. The van der Waals surface area contributed by atoms with Gasteiger partial charge in [-0.1, -0.05) is 6.92 Å². The first kappa shape index (κ1) is 20.6. The molecule has 0 spiro atoms. The van der Waals surface area contributed by atoms with Gasteiger partial charge in [0.15, 0.2) is 11.5 Å². The van der Waals surface area contributed by atoms with Gasteiger partial charge in [0.25, 0.3) is 5.56 Å². The fraction of sp³-hybridized carbons (Fsp3) is 0.136. The molecule has 0 aliphatic rings. The highest BCUT2D eigenvalue weighted by Crippen LogP contribution is 2.27. The van der Waals surface area contributed by atoms with Crippen LogP contribution in [0.3, 0.4) is 0 Å². The van der Waals surface area contributed by atoms with Crippen LogP contribution in [0.5, 0.6) is 0 Å². The van der Waals surface area contributed by atoms with Crippen LogP contribution >= 0.6 is 0 Å². The van der Waals surface area contributed by atoms with E-state index in [0.717, 1.165) is 22.8 Å². The molecule has 11 heteroatoms. The predicted molar refractivity (Wildman–Crippen MR) is 116 cm³/mol. The topological polar surface area (TPSA) is 101 Å². The van der Waals surface area contributed by atoms with E-state index in [1.807, 2.05) is 6.92 Å². The summed E-state index contributed by atoms with van der Waals surface area (Å²) < 4.78 is 43.3. The van der Waals surface area contributed by atoms with Crippen LogP contribution in [0.25, 0.3) is 27.8 Å². The molecule has 3 heterocycles. The minimum absolute atomic E-state index is 0.0333. The Balaban J connectivity index is 1.75. The molecule has 5 aromatic rings. The molecule has 5 rings (SSSR count). The number of nitrogens with zero attached hydrogens (tertiary/aromatic N) is 5. The van der Waals surface area contributed by atoms with Gasteiger partial charge in [0.1, 0.15) is 35.1 Å². The van der Waals surface area contributed by atoms with Crippen LogP contribution in [0.1, 0.15) is 25.2 Å². The van der Waals surface area contributed by atoms with E-state index in [1.54, 1.807) is 0 Å². The van der Waals surface area contributed by atoms with Crippen molar-refractivity contribution in [2.24, 2.45) is 0 Å². The van der Waals surface area contributed by atoms with Crippen molar-refractivity contribution in [2.75, 3.05) is 5.32 Å². The third-order valence-electron chi connectivity index (χ3n) is 5.25. The molecule has 33 heavy (non-hydrogen) atoms. The van der Waals surface area contributed by atoms with Crippen LogP contribution in [-0.2, 0) is 0 Å². The first-order valence-electron chi connectivity index (χ1n) is 10.0. The lowest BCUT2D eigenvalue weighted by Crippen LogP contribution is -2.29. The zero-order valence-electron chi connectivity index (χ0n) is 17.2. The molecule has 2 N–H and O–H groups in total. The molecule has 0 unspecified atom stereocenters. The van der Waals surface area contributed by atoms with E-state index in [0.29, 0.717) is 29.5 Å². The van der Waals surface area contributed by atoms with Crippen molar-refractivity contribution in [3.63, 3.8) is 0 Å². The van der Waals surface area contributed by atoms with E-state index in [1.165, 1.54) is 24.8 Å². The SMILES string of the molecule is CC[C@@H](Nc1ncnc2[nH]cnc12)c1nc2ccc(F)cc2c(=O)n1-c1ccc(F)cc1F. The van der Waals surface area contributed by atoms with Gasteiger partial charge in [0.05, 0.1) is 29.0 Å². The lowest BCUT2D eigenvalue weighted by molar-refractivity contribution is 0.569. The number of rotatable bonds is 5. The molecule has 2 aromatic carbocycles. The maximum absolute atomic E-state index is 14.8. The van der Waals surface area contributed by atoms with Crippen LogP contribution in [0.15, 0.2) is 53.8 Å². The largest absolute Gasteiger partial charge is 0.358 e. The minimum Gasteiger partial charge on any atom is -0.358 e. The fourth-order valence-electron chi connectivity index (χ4n) is 3.69. The van der Waals surface area contributed by atoms with Crippen LogP contribution < -0.4 is 10.9 Å². The van der Waals surface area contributed by atoms with Crippen molar-refractivity contribution in [2.45, 2.75) is 19.4 Å². The number of hydrogen-bond acceptors (Lipinski definition) is 6. The number of nitrogens with one attached hydrogen (secondary N) is 2. The Hall–Kier alpha value is -4.28. The zero-order chi connectivity index (χ0) is 23.1. The van der Waals surface area contributed by atoms with Crippen LogP contribution in [0.4, 0.5) is 19.0 Å². The summed E-state index contributed by atoms with van der Waals surface area (Å²) in [4.78, 5) is 33.4. The normalized spacial score (nSPS) is 12.4. The number of aromatic amines is 1. The first-order chi connectivity index (χ1) is 16.0. The third kappa shape index (κ3) is 3.56. The number of fused-ring (bicyclic) bond motifs is 2. The predicted octanol–water partition coefficient (Wildman–Crippen LogP) is 4.03. The maximum Gasteiger partial charge on any atom is 0.266 e. The molecule has 0 radical (unpaired) electrons. The first-order valence-corrected chi connectivity index (χ1v) is 10.0. The molecule has 0 aliphatic heterocycles. The van der Waals surface area contributed by atoms with Gasteiger partial charge < -0.3 is 10.3 Å². The highest BCUT2D eigenvalue weighted by atomic mass is 19.1. The molecule has 0 amide bonds. The number of hydrogen-bond donors (Lipinski definition) is 2. The van der Waals surface area contributed by atoms with Gasteiger partial charge in [-0.25, -0.2) is 33.1 Å². The Labute approximate surface area is 184 Å². The van der Waals surface area contributed by atoms with Crippen LogP contribution in [0.2, 0.25) is 0 Å². The summed E-state index contributed by atoms with van der Waals surface area (Å²) in [7, 11) is 0. The second-order valence-corrected chi connectivity index (χ2v) is 7.29. The Morgan fingerprint density at radius 3 is 2.64 bits per heavy atom. The summed E-state index contributed by atoms with van der Waals surface area (Å²) in [6, 6.07) is 5.83. The van der Waals surface area contributed by atoms with Gasteiger partial charge in [-0.2, -0.15) is 0 Å². The maximum atomic E-state index is 14.8. The number of benzene rings is 2. The second-order valence-electron chi connectivity index (χ2n) is 7.29. The third-order valence-corrected chi connectivity index (χ3v) is 5.25. The summed E-state index contributed by atoms with van der Waals surface area (Å²) >= 11 is 0. The summed E-state index contributed by atoms with van der Waals surface area (Å²) in [5, 5.41) is 3.16. The van der Waals surface area contributed by atoms with Crippen LogP contribution in [-0.4, -0.2) is 29.5 Å². The minimum atomic E-state index is -0.956. The Morgan fingerprint density at radius 1 is 1.06 bits per heavy atom. The standard InChI is InChI=1S/C22H16F3N7O/c1-2-15(30-20-18-19(27-9-26-18)28-10-29-20)21-31-16-5-3-11(23)7-13(16)22(33)32(21)17-6-4-12(24)8-14(17)25/h3-10,15H,2H2,1H3,(H2,26,27,28,29,30)/t15-/m1/s1. The van der Waals surface area contributed by atoms with Crippen molar-refractivity contribution in [3.8, 4) is 5.69 Å². The van der Waals surface area contributed by atoms with E-state index in [4.69, 9.17) is 0 Å². The number of H-pyrrole nitrogens is 1. The molecule has 1 atom stereocenters. The van der Waals surface area contributed by atoms with Crippen molar-refractivity contribution in [1.82, 2.24) is 29.5 Å². The molecule has 0 saturated carbocycles. The zero-order valence-corrected chi connectivity index (χ0v) is 17.2. The van der Waals surface area contributed by atoms with E-state index in [-0.39, 0.29) is 22.4 Å². The van der Waals surface area contributed by atoms with Gasteiger partial charge in [-0.15, -0.1) is 0 Å². The number of imidazole rings is 1. The molecule has 0 fully saturated rings. The lowest BCUT2D eigenvalue weighted by atomic mass is 10.1. The average Bonchev–Trinajstić information content (AvgIpc) is 3.28. The van der Waals surface area contributed by atoms with Gasteiger partial charge >= 0.3 is 0 Å². The van der Waals surface area contributed by atoms with Gasteiger partial charge in [0.2, 0.25) is 0 Å². The summed E-state index contributed by atoms with van der Waals surface area (Å²) in [6.45, 7) is 1.84. The lowest BCUT2D eigenvalue weighted by Gasteiger charge is -2.22. The highest BCUT2D eigenvalue weighted by molar-refractivity contribution is 5.82. The van der Waals surface area contributed by atoms with Crippen molar-refractivity contribution in [1.29, 1.82) is 0 Å². The summed E-state index contributed by atoms with van der Waals surface area (Å²) in [5.74, 6) is -1.85. The Morgan fingerprint density at radius 2 is 1.85 bits per heavy atom. The number of halogens is 3. The van der Waals surface area contributed by atoms with Gasteiger partial charge in [-0.3, -0.25) is 9.36 Å². The number of anilines is 1. The summed E-state index contributed by atoms with van der Waals surface area (Å²) in [5.41, 5.74) is 0.325. The summed E-state index contributed by atoms with van der Waals surface area (Å²) in [6.07, 6.45) is 3.23. The van der Waals surface area contributed by atoms with Crippen molar-refractivity contribution in [3.05, 3.63) is 82.7 Å². The molecular formula is C22H16F3N7O. The van der Waals surface area contributed by atoms with Crippen molar-refractivity contribution < 1.29 is 13.2 Å². The van der Waals surface area contributed by atoms with Crippen LogP contribution in [0, 0.1) is 17.5 Å². The molecule has 0 saturated heterocycles. The Bertz CT molecular complexity index is 1560. The van der Waals surface area contributed by atoms with E-state index >= 15 is 0 Å². The smallest absolute Gasteiger partial charge is 0.266 e. The van der Waals surface area contributed by atoms with Gasteiger partial charge in [0, 0.05) is 6.07 Å². The molecule has 0 bridgehead atoms. The monoisotopic (exact) mass is 451 g/mol. The molecular weight excluding hydrogens is 435 g/mol.